The van der Waals surface area contributed by atoms with E-state index < -0.39 is 0 Å². The zero-order chi connectivity index (χ0) is 12.3. The summed E-state index contributed by atoms with van der Waals surface area (Å²) in [6.45, 7) is 1.98. The van der Waals surface area contributed by atoms with E-state index in [1.807, 2.05) is 31.2 Å². The van der Waals surface area contributed by atoms with Gasteiger partial charge in [-0.25, -0.2) is 0 Å². The minimum absolute atomic E-state index is 0.663. The molecule has 0 saturated carbocycles. The van der Waals surface area contributed by atoms with Gasteiger partial charge in [0.05, 0.1) is 11.6 Å². The number of nitriles is 1. The first-order valence-electron chi connectivity index (χ1n) is 5.31. The molecule has 0 bridgehead atoms. The third kappa shape index (κ3) is 2.24. The van der Waals surface area contributed by atoms with E-state index in [0.717, 1.165) is 23.0 Å². The number of nitrogens with zero attached hydrogens (tertiary/aromatic N) is 1. The fourth-order valence-corrected chi connectivity index (χ4v) is 1.80. The number of aldehydes is 1. The lowest BCUT2D eigenvalue weighted by Gasteiger charge is -2.06. The summed E-state index contributed by atoms with van der Waals surface area (Å²) in [6, 6.07) is 15.1. The Kier molecular flexibility index (Phi) is 3.02. The van der Waals surface area contributed by atoms with E-state index in [4.69, 9.17) is 5.26 Å². The van der Waals surface area contributed by atoms with E-state index in [1.54, 1.807) is 18.2 Å². The van der Waals surface area contributed by atoms with E-state index >= 15 is 0 Å². The zero-order valence-electron chi connectivity index (χ0n) is 9.47. The first-order valence-corrected chi connectivity index (χ1v) is 5.31. The monoisotopic (exact) mass is 221 g/mol. The van der Waals surface area contributed by atoms with Crippen molar-refractivity contribution in [2.75, 3.05) is 0 Å². The van der Waals surface area contributed by atoms with E-state index in [1.165, 1.54) is 0 Å². The molecule has 2 aromatic carbocycles. The quantitative estimate of drug-likeness (QED) is 0.730. The molecule has 0 unspecified atom stereocenters. The Labute approximate surface area is 100 Å². The molecule has 2 heteroatoms. The van der Waals surface area contributed by atoms with Crippen molar-refractivity contribution in [3.05, 3.63) is 59.2 Å². The first-order chi connectivity index (χ1) is 8.24. The topological polar surface area (TPSA) is 40.9 Å². The summed E-state index contributed by atoms with van der Waals surface area (Å²) in [5, 5.41) is 8.80. The van der Waals surface area contributed by atoms with Gasteiger partial charge in [-0.1, -0.05) is 30.3 Å². The normalized spacial score (nSPS) is 9.65. The fourth-order valence-electron chi connectivity index (χ4n) is 1.80. The van der Waals surface area contributed by atoms with Gasteiger partial charge in [-0.05, 0) is 35.7 Å². The van der Waals surface area contributed by atoms with E-state index in [9.17, 15) is 4.79 Å². The Balaban J connectivity index is 2.46. The molecule has 0 aliphatic heterocycles. The van der Waals surface area contributed by atoms with Gasteiger partial charge in [0.1, 0.15) is 6.29 Å². The van der Waals surface area contributed by atoms with Crippen molar-refractivity contribution >= 4 is 6.29 Å². The van der Waals surface area contributed by atoms with E-state index in [-0.39, 0.29) is 0 Å². The molecular formula is C15H11NO. The molecule has 2 nitrogen and oxygen atoms in total. The third-order valence-corrected chi connectivity index (χ3v) is 2.71. The summed E-state index contributed by atoms with van der Waals surface area (Å²) in [5.74, 6) is 0. The van der Waals surface area contributed by atoms with Crippen molar-refractivity contribution in [1.29, 1.82) is 5.26 Å². The number of benzene rings is 2. The second kappa shape index (κ2) is 4.63. The number of carbonyl (C=O) groups excluding carboxylic acids is 1. The number of hydrogen-bond acceptors (Lipinski definition) is 2. The van der Waals surface area contributed by atoms with Gasteiger partial charge >= 0.3 is 0 Å². The lowest BCUT2D eigenvalue weighted by Crippen LogP contribution is -1.86. The summed E-state index contributed by atoms with van der Waals surface area (Å²) in [7, 11) is 0. The Hall–Kier alpha value is -2.40. The fraction of sp³-hybridized carbons (Fsp3) is 0.0667. The largest absolute Gasteiger partial charge is 0.298 e. The molecule has 2 aromatic rings. The van der Waals surface area contributed by atoms with Crippen LogP contribution in [0.2, 0.25) is 0 Å². The van der Waals surface area contributed by atoms with Crippen LogP contribution in [-0.2, 0) is 0 Å². The molecule has 0 fully saturated rings. The molecule has 0 spiro atoms. The molecule has 0 radical (unpaired) electrons. The number of carbonyl (C=O) groups is 1. The minimum Gasteiger partial charge on any atom is -0.298 e. The molecule has 0 aromatic heterocycles. The summed E-state index contributed by atoms with van der Waals surface area (Å²) < 4.78 is 0. The molecule has 17 heavy (non-hydrogen) atoms. The maximum absolute atomic E-state index is 10.6. The SMILES string of the molecule is Cc1cc(C#N)ccc1-c1ccc(C=O)cc1. The van der Waals surface area contributed by atoms with Gasteiger partial charge in [-0.15, -0.1) is 0 Å². The van der Waals surface area contributed by atoms with Crippen LogP contribution in [-0.4, -0.2) is 6.29 Å². The summed E-state index contributed by atoms with van der Waals surface area (Å²) >= 11 is 0. The van der Waals surface area contributed by atoms with Crippen LogP contribution in [0.3, 0.4) is 0 Å². The lowest BCUT2D eigenvalue weighted by atomic mass is 9.98. The highest BCUT2D eigenvalue weighted by molar-refractivity contribution is 5.77. The molecule has 0 heterocycles. The van der Waals surface area contributed by atoms with Gasteiger partial charge in [0, 0.05) is 5.56 Å². The molecule has 2 rings (SSSR count). The number of aryl methyl sites for hydroxylation is 1. The van der Waals surface area contributed by atoms with Crippen LogP contribution in [0.1, 0.15) is 21.5 Å². The summed E-state index contributed by atoms with van der Waals surface area (Å²) in [5.41, 5.74) is 4.53. The van der Waals surface area contributed by atoms with Crippen LogP contribution in [0.4, 0.5) is 0 Å². The van der Waals surface area contributed by atoms with Gasteiger partial charge < -0.3 is 0 Å². The van der Waals surface area contributed by atoms with E-state index in [0.29, 0.717) is 11.1 Å². The van der Waals surface area contributed by atoms with Gasteiger partial charge in [-0.2, -0.15) is 5.26 Å². The predicted molar refractivity (Wildman–Crippen MR) is 66.7 cm³/mol. The van der Waals surface area contributed by atoms with Crippen molar-refractivity contribution in [3.63, 3.8) is 0 Å². The van der Waals surface area contributed by atoms with Crippen LogP contribution in [0.15, 0.2) is 42.5 Å². The molecule has 0 saturated heterocycles. The van der Waals surface area contributed by atoms with Crippen LogP contribution in [0, 0.1) is 18.3 Å². The Bertz CT molecular complexity index is 591. The van der Waals surface area contributed by atoms with Gasteiger partial charge in [0.25, 0.3) is 0 Å². The van der Waals surface area contributed by atoms with Crippen molar-refractivity contribution in [1.82, 2.24) is 0 Å². The number of rotatable bonds is 2. The smallest absolute Gasteiger partial charge is 0.150 e. The Morgan fingerprint density at radius 2 is 1.82 bits per heavy atom. The highest BCUT2D eigenvalue weighted by Gasteiger charge is 2.02. The standard InChI is InChI=1S/C15H11NO/c1-11-8-13(9-16)4-7-15(11)14-5-2-12(10-17)3-6-14/h2-8,10H,1H3. The van der Waals surface area contributed by atoms with Crippen molar-refractivity contribution in [2.45, 2.75) is 6.92 Å². The molecule has 0 aliphatic carbocycles. The predicted octanol–water partition coefficient (Wildman–Crippen LogP) is 3.35. The average Bonchev–Trinajstić information content (AvgIpc) is 2.39. The van der Waals surface area contributed by atoms with Crippen molar-refractivity contribution in [3.8, 4) is 17.2 Å². The second-order valence-electron chi connectivity index (χ2n) is 3.88. The van der Waals surface area contributed by atoms with Crippen molar-refractivity contribution < 1.29 is 4.79 Å². The summed E-state index contributed by atoms with van der Waals surface area (Å²) in [6.07, 6.45) is 0.829. The van der Waals surface area contributed by atoms with Crippen molar-refractivity contribution in [2.24, 2.45) is 0 Å². The second-order valence-corrected chi connectivity index (χ2v) is 3.88. The third-order valence-electron chi connectivity index (χ3n) is 2.71. The van der Waals surface area contributed by atoms with Crippen LogP contribution in [0.25, 0.3) is 11.1 Å². The first kappa shape index (κ1) is 11.1. The molecule has 0 amide bonds. The average molecular weight is 221 g/mol. The van der Waals surface area contributed by atoms with Crippen LogP contribution in [0.5, 0.6) is 0 Å². The Morgan fingerprint density at radius 3 is 2.35 bits per heavy atom. The highest BCUT2D eigenvalue weighted by atomic mass is 16.1. The van der Waals surface area contributed by atoms with E-state index in [2.05, 4.69) is 6.07 Å². The molecule has 0 aliphatic rings. The van der Waals surface area contributed by atoms with Gasteiger partial charge in [0.15, 0.2) is 0 Å². The number of hydrogen-bond donors (Lipinski definition) is 0. The van der Waals surface area contributed by atoms with Gasteiger partial charge in [0.2, 0.25) is 0 Å². The van der Waals surface area contributed by atoms with Crippen LogP contribution < -0.4 is 0 Å². The minimum atomic E-state index is 0.663. The Morgan fingerprint density at radius 1 is 1.12 bits per heavy atom. The van der Waals surface area contributed by atoms with Crippen LogP contribution >= 0.6 is 0 Å². The zero-order valence-corrected chi connectivity index (χ0v) is 9.47. The molecule has 0 N–H and O–H groups in total. The maximum Gasteiger partial charge on any atom is 0.150 e. The molecular weight excluding hydrogens is 210 g/mol. The highest BCUT2D eigenvalue weighted by Crippen LogP contribution is 2.24. The lowest BCUT2D eigenvalue weighted by molar-refractivity contribution is 0.112. The van der Waals surface area contributed by atoms with Gasteiger partial charge in [-0.3, -0.25) is 4.79 Å². The maximum atomic E-state index is 10.6. The molecule has 82 valence electrons. The molecule has 0 atom stereocenters. The summed E-state index contributed by atoms with van der Waals surface area (Å²) in [4.78, 5) is 10.6.